The molecule has 1 aliphatic heterocycles. The van der Waals surface area contributed by atoms with Gasteiger partial charge in [0.25, 0.3) is 5.91 Å². The number of aliphatic hydroxyl groups excluding tert-OH is 1. The van der Waals surface area contributed by atoms with Gasteiger partial charge in [-0.25, -0.2) is 4.39 Å². The summed E-state index contributed by atoms with van der Waals surface area (Å²) in [6.07, 6.45) is 7.34. The van der Waals surface area contributed by atoms with E-state index in [4.69, 9.17) is 44.6 Å². The molecule has 0 aromatic heterocycles. The van der Waals surface area contributed by atoms with Gasteiger partial charge < -0.3 is 20.1 Å². The third-order valence-electron chi connectivity index (χ3n) is 4.54. The molecule has 9 heteroatoms. The Morgan fingerprint density at radius 3 is 2.50 bits per heavy atom. The molecular formula is C23H26Cl3FN2O3. The lowest BCUT2D eigenvalue weighted by Crippen LogP contribution is -2.34. The molecule has 2 N–H and O–H groups in total. The van der Waals surface area contributed by atoms with E-state index in [1.807, 2.05) is 26.0 Å². The zero-order valence-electron chi connectivity index (χ0n) is 18.1. The van der Waals surface area contributed by atoms with Gasteiger partial charge in [-0.3, -0.25) is 4.79 Å². The van der Waals surface area contributed by atoms with Crippen LogP contribution in [-0.2, 0) is 0 Å². The van der Waals surface area contributed by atoms with Crippen molar-refractivity contribution in [2.24, 2.45) is 0 Å². The number of carbonyl (C=O) groups is 1. The van der Waals surface area contributed by atoms with Crippen molar-refractivity contribution in [2.75, 3.05) is 25.1 Å². The normalized spacial score (nSPS) is 14.3. The van der Waals surface area contributed by atoms with Gasteiger partial charge in [0.05, 0.1) is 26.7 Å². The Bertz CT molecular complexity index is 951. The summed E-state index contributed by atoms with van der Waals surface area (Å²) in [5.74, 6) is -1.01. The molecule has 5 nitrogen and oxygen atoms in total. The Morgan fingerprint density at radius 1 is 1.25 bits per heavy atom. The number of terminal acetylenes is 1. The Hall–Kier alpha value is -2.33. The number of amides is 1. The van der Waals surface area contributed by atoms with Crippen molar-refractivity contribution in [3.05, 3.63) is 56.8 Å². The molecule has 1 aliphatic rings. The highest BCUT2D eigenvalue weighted by molar-refractivity contribution is 6.42. The summed E-state index contributed by atoms with van der Waals surface area (Å²) in [4.78, 5) is 13.8. The molecule has 1 saturated heterocycles. The number of benzene rings is 2. The predicted molar refractivity (Wildman–Crippen MR) is 129 cm³/mol. The summed E-state index contributed by atoms with van der Waals surface area (Å²) >= 11 is 18.3. The summed E-state index contributed by atoms with van der Waals surface area (Å²) in [6.45, 7) is 5.20. The zero-order valence-corrected chi connectivity index (χ0v) is 20.4. The number of halogens is 4. The lowest BCUT2D eigenvalue weighted by molar-refractivity contribution is 0.0959. The van der Waals surface area contributed by atoms with Crippen LogP contribution in [0.3, 0.4) is 0 Å². The van der Waals surface area contributed by atoms with E-state index in [0.29, 0.717) is 16.7 Å². The summed E-state index contributed by atoms with van der Waals surface area (Å²) in [7, 11) is 1.43. The number of anilines is 1. The van der Waals surface area contributed by atoms with Crippen LogP contribution in [0.4, 0.5) is 10.1 Å². The summed E-state index contributed by atoms with van der Waals surface area (Å²) in [5.41, 5.74) is 0.843. The monoisotopic (exact) mass is 502 g/mol. The van der Waals surface area contributed by atoms with E-state index in [1.165, 1.54) is 19.2 Å². The molecule has 0 radical (unpaired) electrons. The quantitative estimate of drug-likeness (QED) is 0.479. The number of nitrogens with zero attached hydrogens (tertiary/aromatic N) is 1. The van der Waals surface area contributed by atoms with E-state index in [-0.39, 0.29) is 22.4 Å². The number of carbonyl (C=O) groups excluding carboxylic acids is 1. The predicted octanol–water partition coefficient (Wildman–Crippen LogP) is 6.17. The second kappa shape index (κ2) is 13.9. The highest BCUT2D eigenvalue weighted by Gasteiger charge is 2.26. The minimum absolute atomic E-state index is 0.0972. The van der Waals surface area contributed by atoms with Crippen molar-refractivity contribution in [1.82, 2.24) is 5.32 Å². The van der Waals surface area contributed by atoms with Gasteiger partial charge in [-0.05, 0) is 37.1 Å². The maximum absolute atomic E-state index is 14.2. The van der Waals surface area contributed by atoms with Crippen molar-refractivity contribution in [1.29, 1.82) is 0 Å². The third kappa shape index (κ3) is 7.37. The van der Waals surface area contributed by atoms with E-state index < -0.39 is 11.7 Å². The Kier molecular flexibility index (Phi) is 12.1. The molecule has 0 saturated carbocycles. The fourth-order valence-corrected chi connectivity index (χ4v) is 3.66. The lowest BCUT2D eigenvalue weighted by atomic mass is 10.2. The van der Waals surface area contributed by atoms with Crippen LogP contribution in [0.25, 0.3) is 0 Å². The third-order valence-corrected chi connectivity index (χ3v) is 5.57. The maximum atomic E-state index is 14.2. The number of ether oxygens (including phenoxy) is 1. The van der Waals surface area contributed by atoms with Gasteiger partial charge in [-0.15, -0.1) is 0 Å². The summed E-state index contributed by atoms with van der Waals surface area (Å²) in [5, 5.41) is 10.7. The van der Waals surface area contributed by atoms with Gasteiger partial charge in [0.2, 0.25) is 0 Å². The van der Waals surface area contributed by atoms with E-state index >= 15 is 0 Å². The zero-order chi connectivity index (χ0) is 24.3. The minimum Gasteiger partial charge on any atom is -0.490 e. The molecule has 2 aromatic carbocycles. The fraction of sp³-hybridized carbons (Fsp3) is 0.348. The summed E-state index contributed by atoms with van der Waals surface area (Å²) < 4.78 is 19.9. The average molecular weight is 504 g/mol. The average Bonchev–Trinajstić information content (AvgIpc) is 3.26. The molecule has 1 heterocycles. The standard InChI is InChI=1S/C19H18Cl3FN2O2.C2H2O.C2H6/c1-24-19(26)13-8-16(22)18(9-17(13)23)27-10-12-3-2-6-25(12)11-4-5-14(20)15(21)7-11;1-2-3;1-2/h4-5,7-9,12H,2-3,6,10H2,1H3,(H,24,26);1,3H;1-2H3. The summed E-state index contributed by atoms with van der Waals surface area (Å²) in [6, 6.07) is 8.02. The molecule has 0 bridgehead atoms. The Balaban J connectivity index is 0.000000944. The SMILES string of the molecule is C#CO.CC.CNC(=O)c1cc(Cl)c(OCC2CCCN2c2ccc(Cl)c(Cl)c2)cc1F. The molecule has 174 valence electrons. The largest absolute Gasteiger partial charge is 0.490 e. The van der Waals surface area contributed by atoms with Crippen molar-refractivity contribution in [3.63, 3.8) is 0 Å². The Morgan fingerprint density at radius 2 is 1.91 bits per heavy atom. The number of rotatable bonds is 5. The highest BCUT2D eigenvalue weighted by Crippen LogP contribution is 2.33. The van der Waals surface area contributed by atoms with E-state index in [9.17, 15) is 9.18 Å². The fourth-order valence-electron chi connectivity index (χ4n) is 3.15. The van der Waals surface area contributed by atoms with Gasteiger partial charge in [-0.2, -0.15) is 0 Å². The van der Waals surface area contributed by atoms with Crippen LogP contribution in [0.5, 0.6) is 5.75 Å². The van der Waals surface area contributed by atoms with Crippen LogP contribution in [0.1, 0.15) is 37.0 Å². The molecule has 32 heavy (non-hydrogen) atoms. The first-order valence-corrected chi connectivity index (χ1v) is 11.1. The molecule has 1 fully saturated rings. The van der Waals surface area contributed by atoms with Crippen LogP contribution in [-0.4, -0.2) is 37.3 Å². The lowest BCUT2D eigenvalue weighted by Gasteiger charge is -2.27. The van der Waals surface area contributed by atoms with Crippen molar-refractivity contribution in [3.8, 4) is 18.3 Å². The van der Waals surface area contributed by atoms with E-state index in [2.05, 4.69) is 16.6 Å². The number of nitrogens with one attached hydrogen (secondary N) is 1. The van der Waals surface area contributed by atoms with Crippen LogP contribution >= 0.6 is 34.8 Å². The highest BCUT2D eigenvalue weighted by atomic mass is 35.5. The maximum Gasteiger partial charge on any atom is 0.254 e. The molecule has 1 amide bonds. The van der Waals surface area contributed by atoms with Crippen LogP contribution in [0, 0.1) is 18.3 Å². The number of hydrogen-bond donors (Lipinski definition) is 2. The first-order valence-electron chi connectivity index (χ1n) is 9.97. The molecular weight excluding hydrogens is 478 g/mol. The first-order chi connectivity index (χ1) is 15.3. The Labute approximate surface area is 203 Å². The minimum atomic E-state index is -0.679. The first kappa shape index (κ1) is 27.7. The van der Waals surface area contributed by atoms with Crippen molar-refractivity contribution < 1.29 is 19.0 Å². The molecule has 0 aliphatic carbocycles. The molecule has 1 unspecified atom stereocenters. The smallest absolute Gasteiger partial charge is 0.254 e. The van der Waals surface area contributed by atoms with Crippen LogP contribution < -0.4 is 15.0 Å². The van der Waals surface area contributed by atoms with Crippen LogP contribution in [0.2, 0.25) is 15.1 Å². The van der Waals surface area contributed by atoms with Crippen molar-refractivity contribution in [2.45, 2.75) is 32.7 Å². The second-order valence-electron chi connectivity index (χ2n) is 6.37. The van der Waals surface area contributed by atoms with Gasteiger partial charge >= 0.3 is 0 Å². The number of hydrogen-bond acceptors (Lipinski definition) is 4. The molecule has 1 atom stereocenters. The van der Waals surface area contributed by atoms with Gasteiger partial charge in [0.15, 0.2) is 0 Å². The van der Waals surface area contributed by atoms with Crippen LogP contribution in [0.15, 0.2) is 30.3 Å². The van der Waals surface area contributed by atoms with Gasteiger partial charge in [0, 0.05) is 25.3 Å². The van der Waals surface area contributed by atoms with Crippen molar-refractivity contribution >= 4 is 46.4 Å². The van der Waals surface area contributed by atoms with Gasteiger partial charge in [-0.1, -0.05) is 55.1 Å². The molecule has 0 spiro atoms. The second-order valence-corrected chi connectivity index (χ2v) is 7.59. The molecule has 2 aromatic rings. The van der Waals surface area contributed by atoms with E-state index in [0.717, 1.165) is 31.1 Å². The van der Waals surface area contributed by atoms with E-state index in [1.54, 1.807) is 6.07 Å². The topological polar surface area (TPSA) is 61.8 Å². The van der Waals surface area contributed by atoms with Gasteiger partial charge in [0.1, 0.15) is 24.3 Å². The molecule has 3 rings (SSSR count). The number of aliphatic hydroxyl groups is 1.